The van der Waals surface area contributed by atoms with Crippen LogP contribution >= 0.6 is 34.5 Å². The summed E-state index contributed by atoms with van der Waals surface area (Å²) >= 11 is 13.9. The number of hydrogen-bond acceptors (Lipinski definition) is 5. The highest BCUT2D eigenvalue weighted by Crippen LogP contribution is 2.35. The summed E-state index contributed by atoms with van der Waals surface area (Å²) in [5.74, 6) is 0. The molecule has 25 heavy (non-hydrogen) atoms. The lowest BCUT2D eigenvalue weighted by atomic mass is 10.1. The highest BCUT2D eigenvalue weighted by atomic mass is 35.5. The van der Waals surface area contributed by atoms with Crippen LogP contribution in [0.2, 0.25) is 10.3 Å². The number of rotatable bonds is 4. The van der Waals surface area contributed by atoms with Crippen LogP contribution in [0.1, 0.15) is 10.6 Å². The number of aromatic nitrogens is 3. The third-order valence-electron chi connectivity index (χ3n) is 3.58. The number of benzene rings is 1. The maximum Gasteiger partial charge on any atom is 0.162 e. The quantitative estimate of drug-likeness (QED) is 0.668. The van der Waals surface area contributed by atoms with Crippen molar-refractivity contribution < 1.29 is 0 Å². The van der Waals surface area contributed by atoms with Crippen molar-refractivity contribution in [1.29, 1.82) is 5.26 Å². The molecule has 1 aromatic carbocycles. The van der Waals surface area contributed by atoms with E-state index in [2.05, 4.69) is 21.5 Å². The summed E-state index contributed by atoms with van der Waals surface area (Å²) in [7, 11) is 3.39. The molecule has 1 N–H and O–H groups in total. The third kappa shape index (κ3) is 3.27. The Kier molecular flexibility index (Phi) is 5.09. The van der Waals surface area contributed by atoms with Gasteiger partial charge in [0.2, 0.25) is 0 Å². The number of hydrogen-bond donors (Lipinski definition) is 1. The molecule has 2 aromatic heterocycles. The molecule has 5 nitrogen and oxygen atoms in total. The van der Waals surface area contributed by atoms with Crippen molar-refractivity contribution in [2.45, 2.75) is 0 Å². The zero-order chi connectivity index (χ0) is 18.0. The molecule has 0 bridgehead atoms. The molecule has 0 saturated heterocycles. The first-order chi connectivity index (χ1) is 12.1. The molecule has 3 rings (SSSR count). The number of nitrogens with one attached hydrogen (secondary N) is 1. The maximum atomic E-state index is 9.72. The van der Waals surface area contributed by atoms with E-state index in [1.165, 1.54) is 16.0 Å². The number of nitrogens with zero attached hydrogens (tertiary/aromatic N) is 4. The van der Waals surface area contributed by atoms with Crippen molar-refractivity contribution in [3.8, 4) is 17.3 Å². The smallest absolute Gasteiger partial charge is 0.162 e. The summed E-state index contributed by atoms with van der Waals surface area (Å²) in [5.41, 5.74) is 3.16. The van der Waals surface area contributed by atoms with E-state index >= 15 is 0 Å². The standard InChI is InChI=1S/C17H13Cl2N5S/c1-21-14(13-15(18)23-24(2)16(13)19)11(8-20)17-22-12(9-25-17)10-6-4-3-5-7-10/h3-7,9,21H,1-2H3. The van der Waals surface area contributed by atoms with E-state index in [1.54, 1.807) is 14.1 Å². The van der Waals surface area contributed by atoms with Gasteiger partial charge in [0.1, 0.15) is 21.8 Å². The van der Waals surface area contributed by atoms with Gasteiger partial charge in [-0.2, -0.15) is 10.4 Å². The second-order valence-electron chi connectivity index (χ2n) is 5.10. The number of nitriles is 1. The molecule has 126 valence electrons. The zero-order valence-corrected chi connectivity index (χ0v) is 15.7. The summed E-state index contributed by atoms with van der Waals surface area (Å²) in [6.07, 6.45) is 0. The van der Waals surface area contributed by atoms with Gasteiger partial charge < -0.3 is 5.32 Å². The Morgan fingerprint density at radius 3 is 2.56 bits per heavy atom. The van der Waals surface area contributed by atoms with Gasteiger partial charge >= 0.3 is 0 Å². The fourth-order valence-electron chi connectivity index (χ4n) is 2.39. The molecular formula is C17H13Cl2N5S. The Balaban J connectivity index is 2.14. The summed E-state index contributed by atoms with van der Waals surface area (Å²) < 4.78 is 1.46. The van der Waals surface area contributed by atoms with Crippen molar-refractivity contribution >= 4 is 45.8 Å². The molecule has 0 fully saturated rings. The van der Waals surface area contributed by atoms with E-state index in [9.17, 15) is 5.26 Å². The van der Waals surface area contributed by atoms with Crippen molar-refractivity contribution in [2.24, 2.45) is 7.05 Å². The Bertz CT molecular complexity index is 982. The predicted octanol–water partition coefficient (Wildman–Crippen LogP) is 4.46. The Labute approximate surface area is 159 Å². The lowest BCUT2D eigenvalue weighted by molar-refractivity contribution is 0.769. The molecular weight excluding hydrogens is 377 g/mol. The molecule has 2 heterocycles. The molecule has 0 amide bonds. The monoisotopic (exact) mass is 389 g/mol. The van der Waals surface area contributed by atoms with Crippen LogP contribution in [-0.4, -0.2) is 21.8 Å². The molecule has 0 atom stereocenters. The van der Waals surface area contributed by atoms with Crippen LogP contribution in [0.25, 0.3) is 22.5 Å². The van der Waals surface area contributed by atoms with E-state index in [0.717, 1.165) is 11.3 Å². The maximum absolute atomic E-state index is 9.72. The Morgan fingerprint density at radius 2 is 2.00 bits per heavy atom. The lowest BCUT2D eigenvalue weighted by Gasteiger charge is -2.08. The Hall–Kier alpha value is -2.33. The first kappa shape index (κ1) is 17.5. The molecule has 0 spiro atoms. The SMILES string of the molecule is CNC(=C(C#N)c1nc(-c2ccccc2)cs1)c1c(Cl)nn(C)c1Cl. The third-order valence-corrected chi connectivity index (χ3v) is 5.14. The highest BCUT2D eigenvalue weighted by Gasteiger charge is 2.22. The van der Waals surface area contributed by atoms with Gasteiger partial charge in [0.05, 0.1) is 17.0 Å². The molecule has 3 aromatic rings. The van der Waals surface area contributed by atoms with Crippen LogP contribution in [0.5, 0.6) is 0 Å². The Morgan fingerprint density at radius 1 is 1.28 bits per heavy atom. The van der Waals surface area contributed by atoms with Gasteiger partial charge in [-0.1, -0.05) is 53.5 Å². The second-order valence-corrected chi connectivity index (χ2v) is 6.67. The average Bonchev–Trinajstić information content (AvgIpc) is 3.20. The van der Waals surface area contributed by atoms with Crippen molar-refractivity contribution in [2.75, 3.05) is 7.05 Å². The van der Waals surface area contributed by atoms with Crippen LogP contribution in [0.15, 0.2) is 35.7 Å². The summed E-state index contributed by atoms with van der Waals surface area (Å²) in [6, 6.07) is 12.0. The average molecular weight is 390 g/mol. The fraction of sp³-hybridized carbons (Fsp3) is 0.118. The predicted molar refractivity (Wildman–Crippen MR) is 102 cm³/mol. The zero-order valence-electron chi connectivity index (χ0n) is 13.4. The summed E-state index contributed by atoms with van der Waals surface area (Å²) in [4.78, 5) is 4.60. The summed E-state index contributed by atoms with van der Waals surface area (Å²) in [5, 5.41) is 19.9. The molecule has 0 aliphatic rings. The molecule has 0 aliphatic carbocycles. The van der Waals surface area contributed by atoms with Gasteiger partial charge in [0.15, 0.2) is 5.15 Å². The second kappa shape index (κ2) is 7.28. The molecule has 8 heteroatoms. The fourth-order valence-corrected chi connectivity index (χ4v) is 3.79. The normalized spacial score (nSPS) is 11.8. The minimum absolute atomic E-state index is 0.226. The van der Waals surface area contributed by atoms with Crippen LogP contribution in [0.3, 0.4) is 0 Å². The van der Waals surface area contributed by atoms with Crippen molar-refractivity contribution in [1.82, 2.24) is 20.1 Å². The van der Waals surface area contributed by atoms with Gasteiger partial charge in [-0.15, -0.1) is 11.3 Å². The number of aryl methyl sites for hydroxylation is 1. The van der Waals surface area contributed by atoms with E-state index < -0.39 is 0 Å². The van der Waals surface area contributed by atoms with Gasteiger partial charge in [0, 0.05) is 25.0 Å². The lowest BCUT2D eigenvalue weighted by Crippen LogP contribution is -2.08. The molecule has 0 unspecified atom stereocenters. The van der Waals surface area contributed by atoms with E-state index in [1.807, 2.05) is 35.7 Å². The van der Waals surface area contributed by atoms with Gasteiger partial charge in [-0.05, 0) is 0 Å². The van der Waals surface area contributed by atoms with E-state index in [4.69, 9.17) is 23.2 Å². The topological polar surface area (TPSA) is 66.5 Å². The van der Waals surface area contributed by atoms with E-state index in [0.29, 0.717) is 27.0 Å². The van der Waals surface area contributed by atoms with Crippen molar-refractivity contribution in [3.05, 3.63) is 56.6 Å². The number of allylic oxidation sites excluding steroid dienone is 1. The van der Waals surface area contributed by atoms with Gasteiger partial charge in [-0.3, -0.25) is 4.68 Å². The molecule has 0 saturated carbocycles. The van der Waals surface area contributed by atoms with Crippen molar-refractivity contribution in [3.63, 3.8) is 0 Å². The molecule has 0 aliphatic heterocycles. The first-order valence-electron chi connectivity index (χ1n) is 7.28. The number of halogens is 2. The minimum atomic E-state index is 0.226. The molecule has 0 radical (unpaired) electrons. The van der Waals surface area contributed by atoms with Crippen LogP contribution < -0.4 is 5.32 Å². The van der Waals surface area contributed by atoms with E-state index in [-0.39, 0.29) is 5.15 Å². The van der Waals surface area contributed by atoms with Gasteiger partial charge in [0.25, 0.3) is 0 Å². The first-order valence-corrected chi connectivity index (χ1v) is 8.92. The van der Waals surface area contributed by atoms with Gasteiger partial charge in [-0.25, -0.2) is 4.98 Å². The largest absolute Gasteiger partial charge is 0.386 e. The highest BCUT2D eigenvalue weighted by molar-refractivity contribution is 7.11. The summed E-state index contributed by atoms with van der Waals surface area (Å²) in [6.45, 7) is 0. The number of thiazole rings is 1. The van der Waals surface area contributed by atoms with Crippen LogP contribution in [0, 0.1) is 11.3 Å². The minimum Gasteiger partial charge on any atom is -0.386 e. The van der Waals surface area contributed by atoms with Crippen LogP contribution in [0.4, 0.5) is 0 Å². The van der Waals surface area contributed by atoms with Crippen LogP contribution in [-0.2, 0) is 7.05 Å².